The molecule has 0 aromatic heterocycles. The van der Waals surface area contributed by atoms with Crippen LogP contribution in [0.2, 0.25) is 0 Å². The number of non-ortho nitro benzene ring substituents is 1. The minimum Gasteiger partial charge on any atom is -0.506 e. The van der Waals surface area contributed by atoms with E-state index < -0.39 is 39.9 Å². The molecule has 0 fully saturated rings. The Hall–Kier alpha value is -1.52. The predicted octanol–water partition coefficient (Wildman–Crippen LogP) is 2.68. The summed E-state index contributed by atoms with van der Waals surface area (Å²) in [7, 11) is 0. The predicted molar refractivity (Wildman–Crippen MR) is 78.2 cm³/mol. The maximum Gasteiger partial charge on any atom is 0.379 e. The first-order chi connectivity index (χ1) is 9.62. The first-order valence-electron chi connectivity index (χ1n) is 5.60. The molecule has 1 atom stereocenters. The van der Waals surface area contributed by atoms with Crippen LogP contribution in [0.4, 0.5) is 14.5 Å². The maximum absolute atomic E-state index is 13.8. The Kier molecular flexibility index (Phi) is 7.13. The van der Waals surface area contributed by atoms with Crippen molar-refractivity contribution < 1.29 is 28.3 Å². The van der Waals surface area contributed by atoms with E-state index >= 15 is 0 Å². The van der Waals surface area contributed by atoms with Gasteiger partial charge in [0.1, 0.15) is 11.8 Å². The molecular weight excluding hydrogens is 393 g/mol. The lowest BCUT2D eigenvalue weighted by atomic mass is 9.99. The smallest absolute Gasteiger partial charge is 0.379 e. The van der Waals surface area contributed by atoms with Crippen LogP contribution in [-0.4, -0.2) is 28.5 Å². The molecule has 1 rings (SSSR count). The third kappa shape index (κ3) is 4.02. The van der Waals surface area contributed by atoms with Crippen LogP contribution in [0.3, 0.4) is 0 Å². The van der Waals surface area contributed by atoms with Crippen molar-refractivity contribution in [1.82, 2.24) is 0 Å². The number of rotatable bonds is 5. The SMILES string of the molecule is CCOC(=O)C(F)(F)[C@H](N)c1cc([N+](=O)[O-])cc(Br)c1O.Cl. The van der Waals surface area contributed by atoms with Crippen molar-refractivity contribution in [3.05, 3.63) is 32.3 Å². The lowest BCUT2D eigenvalue weighted by Gasteiger charge is -2.22. The van der Waals surface area contributed by atoms with Crippen LogP contribution in [0.15, 0.2) is 16.6 Å². The minimum absolute atomic E-state index is 0. The molecule has 0 saturated heterocycles. The van der Waals surface area contributed by atoms with Gasteiger partial charge in [-0.25, -0.2) is 4.79 Å². The summed E-state index contributed by atoms with van der Waals surface area (Å²) < 4.78 is 31.7. The number of alkyl halides is 2. The number of hydrogen-bond donors (Lipinski definition) is 2. The first-order valence-corrected chi connectivity index (χ1v) is 6.39. The van der Waals surface area contributed by atoms with Crippen LogP contribution in [0.5, 0.6) is 5.75 Å². The third-order valence-corrected chi connectivity index (χ3v) is 3.17. The number of ether oxygens (including phenoxy) is 1. The number of esters is 1. The molecule has 0 heterocycles. The summed E-state index contributed by atoms with van der Waals surface area (Å²) in [5.41, 5.74) is 4.08. The molecule has 0 saturated carbocycles. The van der Waals surface area contributed by atoms with E-state index in [4.69, 9.17) is 5.73 Å². The number of hydrogen-bond acceptors (Lipinski definition) is 6. The number of nitro benzene ring substituents is 1. The number of carbonyl (C=O) groups excluding carboxylic acids is 1. The molecule has 7 nitrogen and oxygen atoms in total. The fraction of sp³-hybridized carbons (Fsp3) is 0.364. The zero-order valence-corrected chi connectivity index (χ0v) is 13.5. The van der Waals surface area contributed by atoms with Crippen LogP contribution in [-0.2, 0) is 9.53 Å². The van der Waals surface area contributed by atoms with Gasteiger partial charge < -0.3 is 15.6 Å². The highest BCUT2D eigenvalue weighted by Crippen LogP contribution is 2.40. The molecule has 3 N–H and O–H groups in total. The summed E-state index contributed by atoms with van der Waals surface area (Å²) in [5.74, 6) is -6.74. The fourth-order valence-electron chi connectivity index (χ4n) is 1.50. The van der Waals surface area contributed by atoms with E-state index in [9.17, 15) is 28.8 Å². The van der Waals surface area contributed by atoms with Gasteiger partial charge in [-0.15, -0.1) is 12.4 Å². The van der Waals surface area contributed by atoms with Gasteiger partial charge in [0.15, 0.2) is 0 Å². The number of carbonyl (C=O) groups is 1. The minimum atomic E-state index is -4.15. The average Bonchev–Trinajstić information content (AvgIpc) is 2.40. The Labute approximate surface area is 138 Å². The highest BCUT2D eigenvalue weighted by Gasteiger charge is 2.49. The molecule has 0 aliphatic rings. The first kappa shape index (κ1) is 20.5. The van der Waals surface area contributed by atoms with Crippen molar-refractivity contribution in [2.45, 2.75) is 18.9 Å². The van der Waals surface area contributed by atoms with Gasteiger partial charge in [0, 0.05) is 17.7 Å². The summed E-state index contributed by atoms with van der Waals surface area (Å²) >= 11 is 2.80. The number of halogens is 4. The number of phenols is 1. The second-order valence-corrected chi connectivity index (χ2v) is 4.80. The number of nitrogens with zero attached hydrogens (tertiary/aromatic N) is 1. The Balaban J connectivity index is 0.00000441. The molecule has 0 spiro atoms. The van der Waals surface area contributed by atoms with Gasteiger partial charge in [-0.3, -0.25) is 10.1 Å². The standard InChI is InChI=1S/C11H11BrF2N2O5.ClH/c1-2-21-10(18)11(13,14)9(15)6-3-5(16(19)20)4-7(12)8(6)17;/h3-4,9,17H,2,15H2,1H3;1H/t9-;/m1./s1. The maximum atomic E-state index is 13.8. The average molecular weight is 406 g/mol. The lowest BCUT2D eigenvalue weighted by molar-refractivity contribution is -0.385. The second kappa shape index (κ2) is 7.65. The molecule has 124 valence electrons. The Morgan fingerprint density at radius 3 is 2.59 bits per heavy atom. The molecule has 22 heavy (non-hydrogen) atoms. The molecular formula is C11H12BrClF2N2O5. The monoisotopic (exact) mass is 404 g/mol. The van der Waals surface area contributed by atoms with Crippen molar-refractivity contribution in [3.8, 4) is 5.75 Å². The molecule has 0 bridgehead atoms. The van der Waals surface area contributed by atoms with Crippen molar-refractivity contribution in [1.29, 1.82) is 0 Å². The Morgan fingerprint density at radius 2 is 2.14 bits per heavy atom. The fourth-order valence-corrected chi connectivity index (χ4v) is 1.96. The van der Waals surface area contributed by atoms with Gasteiger partial charge in [0.2, 0.25) is 0 Å². The van der Waals surface area contributed by atoms with Crippen LogP contribution in [0, 0.1) is 10.1 Å². The van der Waals surface area contributed by atoms with Crippen molar-refractivity contribution in [2.75, 3.05) is 6.61 Å². The Bertz CT molecular complexity index is 588. The van der Waals surface area contributed by atoms with Crippen molar-refractivity contribution in [3.63, 3.8) is 0 Å². The molecule has 0 unspecified atom stereocenters. The quantitative estimate of drug-likeness (QED) is 0.442. The molecule has 0 aliphatic heterocycles. The van der Waals surface area contributed by atoms with E-state index in [-0.39, 0.29) is 23.5 Å². The lowest BCUT2D eigenvalue weighted by Crippen LogP contribution is -2.41. The van der Waals surface area contributed by atoms with Gasteiger partial charge in [-0.05, 0) is 22.9 Å². The molecule has 0 radical (unpaired) electrons. The van der Waals surface area contributed by atoms with Gasteiger partial charge in [0.25, 0.3) is 5.69 Å². The van der Waals surface area contributed by atoms with Gasteiger partial charge in [-0.1, -0.05) is 0 Å². The summed E-state index contributed by atoms with van der Waals surface area (Å²) in [4.78, 5) is 21.1. The van der Waals surface area contributed by atoms with E-state index in [0.29, 0.717) is 6.07 Å². The molecule has 0 aliphatic carbocycles. The van der Waals surface area contributed by atoms with E-state index in [1.807, 2.05) is 0 Å². The van der Waals surface area contributed by atoms with Crippen LogP contribution in [0.25, 0.3) is 0 Å². The zero-order valence-electron chi connectivity index (χ0n) is 11.1. The van der Waals surface area contributed by atoms with Crippen molar-refractivity contribution in [2.24, 2.45) is 5.73 Å². The summed E-state index contributed by atoms with van der Waals surface area (Å²) in [6.45, 7) is 1.05. The van der Waals surface area contributed by atoms with Gasteiger partial charge >= 0.3 is 11.9 Å². The van der Waals surface area contributed by atoms with E-state index in [1.54, 1.807) is 0 Å². The topological polar surface area (TPSA) is 116 Å². The largest absolute Gasteiger partial charge is 0.506 e. The molecule has 0 amide bonds. The van der Waals surface area contributed by atoms with Gasteiger partial charge in [-0.2, -0.15) is 8.78 Å². The number of nitrogens with two attached hydrogens (primary N) is 1. The van der Waals surface area contributed by atoms with E-state index in [2.05, 4.69) is 20.7 Å². The number of phenolic OH excluding ortho intramolecular Hbond substituents is 1. The van der Waals surface area contributed by atoms with E-state index in [1.165, 1.54) is 6.92 Å². The van der Waals surface area contributed by atoms with Gasteiger partial charge in [0.05, 0.1) is 16.0 Å². The van der Waals surface area contributed by atoms with Crippen LogP contribution in [0.1, 0.15) is 18.5 Å². The van der Waals surface area contributed by atoms with Crippen LogP contribution >= 0.6 is 28.3 Å². The molecule has 11 heteroatoms. The van der Waals surface area contributed by atoms with Crippen molar-refractivity contribution >= 4 is 40.0 Å². The number of aromatic hydroxyl groups is 1. The zero-order chi connectivity index (χ0) is 16.4. The number of nitro groups is 1. The highest BCUT2D eigenvalue weighted by molar-refractivity contribution is 9.10. The third-order valence-electron chi connectivity index (χ3n) is 2.56. The highest BCUT2D eigenvalue weighted by atomic mass is 79.9. The van der Waals surface area contributed by atoms with E-state index in [0.717, 1.165) is 6.07 Å². The summed E-state index contributed by atoms with van der Waals surface area (Å²) in [5, 5.41) is 20.4. The molecule has 1 aromatic carbocycles. The second-order valence-electron chi connectivity index (χ2n) is 3.94. The number of benzene rings is 1. The Morgan fingerprint density at radius 1 is 1.59 bits per heavy atom. The van der Waals surface area contributed by atoms with Crippen LogP contribution < -0.4 is 5.73 Å². The normalized spacial score (nSPS) is 12.2. The summed E-state index contributed by atoms with van der Waals surface area (Å²) in [6, 6.07) is -0.695. The molecule has 1 aromatic rings. The summed E-state index contributed by atoms with van der Waals surface area (Å²) in [6.07, 6.45) is 0.